The van der Waals surface area contributed by atoms with E-state index in [0.717, 1.165) is 56.5 Å². The average molecular weight is 343 g/mol. The molecule has 4 rings (SSSR count). The lowest BCUT2D eigenvalue weighted by molar-refractivity contribution is -0.139. The summed E-state index contributed by atoms with van der Waals surface area (Å²) in [6.07, 6.45) is 5.92. The zero-order chi connectivity index (χ0) is 17.4. The van der Waals surface area contributed by atoms with Gasteiger partial charge in [-0.1, -0.05) is 6.42 Å². The molecule has 1 saturated carbocycles. The summed E-state index contributed by atoms with van der Waals surface area (Å²) in [6, 6.07) is 0. The first-order valence-electron chi connectivity index (χ1n) is 9.33. The maximum absolute atomic E-state index is 13.0. The van der Waals surface area contributed by atoms with Crippen LogP contribution < -0.4 is 5.32 Å². The highest BCUT2D eigenvalue weighted by Crippen LogP contribution is 2.31. The molecular formula is C18H25N5O2. The topological polar surface area (TPSA) is 78.4 Å². The van der Waals surface area contributed by atoms with Gasteiger partial charge in [0.25, 0.3) is 5.91 Å². The van der Waals surface area contributed by atoms with Gasteiger partial charge in [0.15, 0.2) is 0 Å². The Hall–Kier alpha value is -2.18. The summed E-state index contributed by atoms with van der Waals surface area (Å²) < 4.78 is 0. The van der Waals surface area contributed by atoms with E-state index in [9.17, 15) is 9.59 Å². The Morgan fingerprint density at radius 2 is 1.80 bits per heavy atom. The lowest BCUT2D eigenvalue weighted by Gasteiger charge is -2.35. The fraction of sp³-hybridized carbons (Fsp3) is 0.667. The highest BCUT2D eigenvalue weighted by Gasteiger charge is 2.34. The van der Waals surface area contributed by atoms with Crippen molar-refractivity contribution in [2.75, 3.05) is 32.0 Å². The number of carbonyl (C=O) groups is 2. The number of likely N-dealkylation sites (tertiary alicyclic amines) is 1. The molecule has 2 fully saturated rings. The van der Waals surface area contributed by atoms with E-state index in [0.29, 0.717) is 31.2 Å². The molecule has 25 heavy (non-hydrogen) atoms. The molecule has 3 aliphatic rings. The molecular weight excluding hydrogens is 318 g/mol. The van der Waals surface area contributed by atoms with Crippen molar-refractivity contribution in [2.24, 2.45) is 5.92 Å². The van der Waals surface area contributed by atoms with Crippen LogP contribution in [0.15, 0.2) is 0 Å². The second kappa shape index (κ2) is 6.61. The van der Waals surface area contributed by atoms with E-state index in [1.54, 1.807) is 7.05 Å². The first-order chi connectivity index (χ1) is 12.2. The summed E-state index contributed by atoms with van der Waals surface area (Å²) in [5.74, 6) is 0.872. The molecule has 7 nitrogen and oxygen atoms in total. The summed E-state index contributed by atoms with van der Waals surface area (Å²) in [7, 11) is 1.76. The van der Waals surface area contributed by atoms with Gasteiger partial charge in [-0.05, 0) is 25.7 Å². The van der Waals surface area contributed by atoms with Crippen LogP contribution in [0, 0.1) is 5.92 Å². The fourth-order valence-corrected chi connectivity index (χ4v) is 3.87. The van der Waals surface area contributed by atoms with Gasteiger partial charge in [0.1, 0.15) is 5.69 Å². The van der Waals surface area contributed by atoms with Crippen molar-refractivity contribution in [3.05, 3.63) is 17.0 Å². The summed E-state index contributed by atoms with van der Waals surface area (Å²) >= 11 is 0. The molecule has 1 aliphatic carbocycles. The summed E-state index contributed by atoms with van der Waals surface area (Å²) in [5.41, 5.74) is 2.22. The maximum Gasteiger partial charge on any atom is 0.273 e. The standard InChI is InChI=1S/C18H25N5O2/c1-19-18-20-14-7-10-23(16(24)12-5-4-6-12)11-13(14)15(21-18)17(25)22-8-2-3-9-22/h12H,2-11H2,1H3,(H,19,20,21). The van der Waals surface area contributed by atoms with E-state index in [1.165, 1.54) is 0 Å². The van der Waals surface area contributed by atoms with Crippen LogP contribution in [0.25, 0.3) is 0 Å². The van der Waals surface area contributed by atoms with Gasteiger partial charge >= 0.3 is 0 Å². The largest absolute Gasteiger partial charge is 0.357 e. The number of anilines is 1. The number of aromatic nitrogens is 2. The first-order valence-corrected chi connectivity index (χ1v) is 9.33. The van der Waals surface area contributed by atoms with Crippen LogP contribution in [0.2, 0.25) is 0 Å². The number of fused-ring (bicyclic) bond motifs is 1. The van der Waals surface area contributed by atoms with Crippen LogP contribution in [-0.4, -0.2) is 58.3 Å². The summed E-state index contributed by atoms with van der Waals surface area (Å²) in [5, 5.41) is 2.96. The van der Waals surface area contributed by atoms with Crippen LogP contribution in [-0.2, 0) is 17.8 Å². The molecule has 2 aliphatic heterocycles. The van der Waals surface area contributed by atoms with Crippen LogP contribution in [0.1, 0.15) is 53.8 Å². The number of rotatable bonds is 3. The van der Waals surface area contributed by atoms with E-state index in [-0.39, 0.29) is 17.7 Å². The minimum Gasteiger partial charge on any atom is -0.357 e. The number of carbonyl (C=O) groups excluding carboxylic acids is 2. The van der Waals surface area contributed by atoms with Gasteiger partial charge in [-0.2, -0.15) is 0 Å². The molecule has 2 amide bonds. The molecule has 1 aromatic heterocycles. The Morgan fingerprint density at radius 1 is 1.04 bits per heavy atom. The lowest BCUT2D eigenvalue weighted by Crippen LogP contribution is -2.43. The van der Waals surface area contributed by atoms with Crippen molar-refractivity contribution in [3.8, 4) is 0 Å². The zero-order valence-electron chi connectivity index (χ0n) is 14.8. The van der Waals surface area contributed by atoms with Crippen LogP contribution in [0.3, 0.4) is 0 Å². The number of hydrogen-bond acceptors (Lipinski definition) is 5. The molecule has 7 heteroatoms. The van der Waals surface area contributed by atoms with E-state index < -0.39 is 0 Å². The molecule has 1 saturated heterocycles. The van der Waals surface area contributed by atoms with Gasteiger partial charge in [-0.15, -0.1) is 0 Å². The van der Waals surface area contributed by atoms with Gasteiger partial charge in [0.2, 0.25) is 11.9 Å². The number of amides is 2. The number of nitrogens with zero attached hydrogens (tertiary/aromatic N) is 4. The molecule has 134 valence electrons. The maximum atomic E-state index is 13.0. The monoisotopic (exact) mass is 343 g/mol. The summed E-state index contributed by atoms with van der Waals surface area (Å²) in [4.78, 5) is 38.4. The Bertz CT molecular complexity index is 695. The minimum absolute atomic E-state index is 0.0226. The minimum atomic E-state index is -0.0226. The number of hydrogen-bond donors (Lipinski definition) is 1. The Labute approximate surface area is 147 Å². The zero-order valence-corrected chi connectivity index (χ0v) is 14.8. The quantitative estimate of drug-likeness (QED) is 0.898. The molecule has 3 heterocycles. The fourth-order valence-electron chi connectivity index (χ4n) is 3.87. The van der Waals surface area contributed by atoms with Crippen molar-refractivity contribution in [1.29, 1.82) is 0 Å². The van der Waals surface area contributed by atoms with Crippen molar-refractivity contribution >= 4 is 17.8 Å². The highest BCUT2D eigenvalue weighted by atomic mass is 16.2. The van der Waals surface area contributed by atoms with E-state index in [4.69, 9.17) is 0 Å². The third kappa shape index (κ3) is 2.96. The third-order valence-electron chi connectivity index (χ3n) is 5.65. The summed E-state index contributed by atoms with van der Waals surface area (Å²) in [6.45, 7) is 2.72. The van der Waals surface area contributed by atoms with Gasteiger partial charge in [0.05, 0.1) is 5.69 Å². The predicted octanol–water partition coefficient (Wildman–Crippen LogP) is 1.44. The second-order valence-electron chi connectivity index (χ2n) is 7.21. The molecule has 0 radical (unpaired) electrons. The molecule has 1 aromatic rings. The lowest BCUT2D eigenvalue weighted by atomic mass is 9.84. The average Bonchev–Trinajstić information content (AvgIpc) is 3.12. The molecule has 0 unspecified atom stereocenters. The van der Waals surface area contributed by atoms with Gasteiger partial charge in [0, 0.05) is 51.1 Å². The van der Waals surface area contributed by atoms with E-state index in [2.05, 4.69) is 15.3 Å². The highest BCUT2D eigenvalue weighted by molar-refractivity contribution is 5.94. The first kappa shape index (κ1) is 16.3. The second-order valence-corrected chi connectivity index (χ2v) is 7.21. The Balaban J connectivity index is 1.64. The Kier molecular flexibility index (Phi) is 4.31. The van der Waals surface area contributed by atoms with E-state index >= 15 is 0 Å². The van der Waals surface area contributed by atoms with Crippen molar-refractivity contribution < 1.29 is 9.59 Å². The Morgan fingerprint density at radius 3 is 2.44 bits per heavy atom. The van der Waals surface area contributed by atoms with Crippen LogP contribution in [0.5, 0.6) is 0 Å². The van der Waals surface area contributed by atoms with Crippen LogP contribution in [0.4, 0.5) is 5.95 Å². The van der Waals surface area contributed by atoms with Crippen molar-refractivity contribution in [2.45, 2.75) is 45.1 Å². The molecule has 1 N–H and O–H groups in total. The number of nitrogens with one attached hydrogen (secondary N) is 1. The SMILES string of the molecule is CNc1nc2c(c(C(=O)N3CCCC3)n1)CN(C(=O)C1CCC1)CC2. The van der Waals surface area contributed by atoms with E-state index in [1.807, 2.05) is 9.80 Å². The van der Waals surface area contributed by atoms with Crippen molar-refractivity contribution in [1.82, 2.24) is 19.8 Å². The molecule has 0 atom stereocenters. The molecule has 0 aromatic carbocycles. The van der Waals surface area contributed by atoms with Gasteiger partial charge in [-0.3, -0.25) is 9.59 Å². The van der Waals surface area contributed by atoms with Crippen LogP contribution >= 0.6 is 0 Å². The molecule has 0 bridgehead atoms. The third-order valence-corrected chi connectivity index (χ3v) is 5.65. The van der Waals surface area contributed by atoms with Gasteiger partial charge in [-0.25, -0.2) is 9.97 Å². The predicted molar refractivity (Wildman–Crippen MR) is 93.2 cm³/mol. The van der Waals surface area contributed by atoms with Crippen molar-refractivity contribution in [3.63, 3.8) is 0 Å². The van der Waals surface area contributed by atoms with Gasteiger partial charge < -0.3 is 15.1 Å². The normalized spacial score (nSPS) is 20.2. The molecule has 0 spiro atoms. The smallest absolute Gasteiger partial charge is 0.273 e.